The van der Waals surface area contributed by atoms with Gasteiger partial charge in [0.2, 0.25) is 0 Å². The zero-order valence-corrected chi connectivity index (χ0v) is 9.54. The predicted molar refractivity (Wildman–Crippen MR) is 55.5 cm³/mol. The third-order valence-electron chi connectivity index (χ3n) is 1.68. The molecule has 88 valence electrons. The molecule has 0 aliphatic carbocycles. The van der Waals surface area contributed by atoms with Crippen molar-refractivity contribution in [1.82, 2.24) is 5.32 Å². The van der Waals surface area contributed by atoms with Crippen LogP contribution in [0.4, 0.5) is 4.79 Å². The summed E-state index contributed by atoms with van der Waals surface area (Å²) in [4.78, 5) is 21.5. The van der Waals surface area contributed by atoms with Crippen LogP contribution in [0.5, 0.6) is 0 Å². The van der Waals surface area contributed by atoms with Crippen molar-refractivity contribution in [3.05, 3.63) is 0 Å². The van der Waals surface area contributed by atoms with Crippen molar-refractivity contribution in [1.29, 1.82) is 0 Å². The molecule has 5 nitrogen and oxygen atoms in total. The molecule has 0 spiro atoms. The molecule has 0 aromatic heterocycles. The molecule has 0 aliphatic rings. The maximum atomic E-state index is 11.1. The lowest BCUT2D eigenvalue weighted by Crippen LogP contribution is -2.30. The molecule has 0 heterocycles. The average molecular weight is 217 g/mol. The van der Waals surface area contributed by atoms with Gasteiger partial charge >= 0.3 is 12.1 Å². The quantitative estimate of drug-likeness (QED) is 0.540. The number of ether oxygens (including phenoxy) is 2. The number of rotatable bonds is 6. The second-order valence-corrected chi connectivity index (χ2v) is 3.27. The Hall–Kier alpha value is -1.26. The van der Waals surface area contributed by atoms with Gasteiger partial charge in [0.15, 0.2) is 0 Å². The van der Waals surface area contributed by atoms with Gasteiger partial charge in [-0.25, -0.2) is 4.79 Å². The molecule has 0 rings (SSSR count). The topological polar surface area (TPSA) is 64.6 Å². The lowest BCUT2D eigenvalue weighted by molar-refractivity contribution is -0.140. The summed E-state index contributed by atoms with van der Waals surface area (Å²) < 4.78 is 9.64. The van der Waals surface area contributed by atoms with E-state index in [0.717, 1.165) is 12.8 Å². The summed E-state index contributed by atoms with van der Waals surface area (Å²) in [7, 11) is 0. The van der Waals surface area contributed by atoms with Crippen molar-refractivity contribution in [2.24, 2.45) is 0 Å². The Morgan fingerprint density at radius 2 is 2.07 bits per heavy atom. The van der Waals surface area contributed by atoms with Gasteiger partial charge in [-0.15, -0.1) is 0 Å². The Labute approximate surface area is 90.1 Å². The molecule has 1 atom stereocenters. The van der Waals surface area contributed by atoms with E-state index in [2.05, 4.69) is 10.1 Å². The van der Waals surface area contributed by atoms with E-state index in [4.69, 9.17) is 4.74 Å². The Kier molecular flexibility index (Phi) is 7.40. The van der Waals surface area contributed by atoms with Crippen molar-refractivity contribution >= 4 is 12.1 Å². The van der Waals surface area contributed by atoms with E-state index in [-0.39, 0.29) is 25.2 Å². The van der Waals surface area contributed by atoms with E-state index in [9.17, 15) is 9.59 Å². The maximum absolute atomic E-state index is 11.1. The van der Waals surface area contributed by atoms with Gasteiger partial charge in [-0.3, -0.25) is 4.79 Å². The van der Waals surface area contributed by atoms with E-state index in [1.54, 1.807) is 0 Å². The first-order chi connectivity index (χ1) is 7.06. The highest BCUT2D eigenvalue weighted by molar-refractivity contribution is 5.67. The van der Waals surface area contributed by atoms with Crippen LogP contribution in [0, 0.1) is 0 Å². The van der Waals surface area contributed by atoms with E-state index in [1.807, 2.05) is 13.8 Å². The molecule has 0 aliphatic heterocycles. The molecule has 5 heteroatoms. The Morgan fingerprint density at radius 1 is 1.40 bits per heavy atom. The van der Waals surface area contributed by atoms with Gasteiger partial charge in [0, 0.05) is 6.92 Å². The lowest BCUT2D eigenvalue weighted by atomic mass is 10.2. The fourth-order valence-electron chi connectivity index (χ4n) is 1.04. The normalized spacial score (nSPS) is 11.7. The molecule has 0 aromatic rings. The zero-order chi connectivity index (χ0) is 11.7. The second-order valence-electron chi connectivity index (χ2n) is 3.27. The summed E-state index contributed by atoms with van der Waals surface area (Å²) in [6.45, 7) is 5.64. The fourth-order valence-corrected chi connectivity index (χ4v) is 1.04. The Bertz CT molecular complexity index is 206. The van der Waals surface area contributed by atoms with Crippen LogP contribution < -0.4 is 5.32 Å². The smallest absolute Gasteiger partial charge is 0.407 e. The number of hydrogen-bond donors (Lipinski definition) is 1. The highest BCUT2D eigenvalue weighted by Crippen LogP contribution is 2.00. The van der Waals surface area contributed by atoms with E-state index in [0.29, 0.717) is 0 Å². The van der Waals surface area contributed by atoms with Gasteiger partial charge in [0.05, 0.1) is 6.54 Å². The van der Waals surface area contributed by atoms with Crippen LogP contribution in [0.15, 0.2) is 0 Å². The summed E-state index contributed by atoms with van der Waals surface area (Å²) in [6, 6.07) is 0. The molecule has 1 N–H and O–H groups in total. The van der Waals surface area contributed by atoms with E-state index in [1.165, 1.54) is 6.92 Å². The van der Waals surface area contributed by atoms with Gasteiger partial charge in [0.1, 0.15) is 12.7 Å². The van der Waals surface area contributed by atoms with E-state index < -0.39 is 6.09 Å². The van der Waals surface area contributed by atoms with E-state index >= 15 is 0 Å². The van der Waals surface area contributed by atoms with Crippen molar-refractivity contribution in [3.8, 4) is 0 Å². The van der Waals surface area contributed by atoms with Crippen LogP contribution in [0.3, 0.4) is 0 Å². The van der Waals surface area contributed by atoms with Gasteiger partial charge in [-0.05, 0) is 13.3 Å². The van der Waals surface area contributed by atoms with Crippen LogP contribution in [-0.4, -0.2) is 31.3 Å². The maximum Gasteiger partial charge on any atom is 0.407 e. The average Bonchev–Trinajstić information content (AvgIpc) is 2.12. The molecule has 0 aromatic carbocycles. The molecule has 0 bridgehead atoms. The third kappa shape index (κ3) is 9.05. The molecule has 0 saturated carbocycles. The highest BCUT2D eigenvalue weighted by Gasteiger charge is 2.07. The van der Waals surface area contributed by atoms with Crippen molar-refractivity contribution < 1.29 is 19.1 Å². The second kappa shape index (κ2) is 8.08. The standard InChI is InChI=1S/C10H19NO4/c1-4-5-8(2)15-10(13)11-6-7-14-9(3)12/h8H,4-7H2,1-3H3,(H,11,13). The monoisotopic (exact) mass is 217 g/mol. The number of esters is 1. The molecule has 1 amide bonds. The van der Waals surface area contributed by atoms with Crippen molar-refractivity contribution in [2.45, 2.75) is 39.7 Å². The first kappa shape index (κ1) is 13.7. The van der Waals surface area contributed by atoms with Crippen LogP contribution in [0.2, 0.25) is 0 Å². The minimum Gasteiger partial charge on any atom is -0.464 e. The molecule has 0 radical (unpaired) electrons. The highest BCUT2D eigenvalue weighted by atomic mass is 16.6. The van der Waals surface area contributed by atoms with Crippen molar-refractivity contribution in [2.75, 3.05) is 13.2 Å². The van der Waals surface area contributed by atoms with Gasteiger partial charge < -0.3 is 14.8 Å². The molecular weight excluding hydrogens is 198 g/mol. The molecule has 15 heavy (non-hydrogen) atoms. The Morgan fingerprint density at radius 3 is 2.60 bits per heavy atom. The minimum absolute atomic E-state index is 0.0799. The SMILES string of the molecule is CCCC(C)OC(=O)NCCOC(C)=O. The first-order valence-corrected chi connectivity index (χ1v) is 5.14. The minimum atomic E-state index is -0.469. The number of hydrogen-bond acceptors (Lipinski definition) is 4. The largest absolute Gasteiger partial charge is 0.464 e. The number of amides is 1. The summed E-state index contributed by atoms with van der Waals surface area (Å²) in [5.74, 6) is -0.357. The van der Waals surface area contributed by atoms with Crippen LogP contribution in [-0.2, 0) is 14.3 Å². The number of carbonyl (C=O) groups excluding carboxylic acids is 2. The zero-order valence-electron chi connectivity index (χ0n) is 9.54. The van der Waals surface area contributed by atoms with Crippen molar-refractivity contribution in [3.63, 3.8) is 0 Å². The molecular formula is C10H19NO4. The van der Waals surface area contributed by atoms with Crippen LogP contribution in [0.25, 0.3) is 0 Å². The lowest BCUT2D eigenvalue weighted by Gasteiger charge is -2.12. The number of carbonyl (C=O) groups is 2. The molecule has 1 unspecified atom stereocenters. The summed E-state index contributed by atoms with van der Waals surface area (Å²) >= 11 is 0. The van der Waals surface area contributed by atoms with Gasteiger partial charge in [-0.1, -0.05) is 13.3 Å². The van der Waals surface area contributed by atoms with Crippen LogP contribution >= 0.6 is 0 Å². The van der Waals surface area contributed by atoms with Gasteiger partial charge in [0.25, 0.3) is 0 Å². The van der Waals surface area contributed by atoms with Crippen LogP contribution in [0.1, 0.15) is 33.6 Å². The first-order valence-electron chi connectivity index (χ1n) is 5.14. The molecule has 0 fully saturated rings. The summed E-state index contributed by atoms with van der Waals surface area (Å²) in [6.07, 6.45) is 1.27. The summed E-state index contributed by atoms with van der Waals surface area (Å²) in [5, 5.41) is 2.49. The molecule has 0 saturated heterocycles. The Balaban J connectivity index is 3.44. The third-order valence-corrected chi connectivity index (χ3v) is 1.68. The van der Waals surface area contributed by atoms with Gasteiger partial charge in [-0.2, -0.15) is 0 Å². The number of nitrogens with one attached hydrogen (secondary N) is 1. The number of alkyl carbamates (subject to hydrolysis) is 1. The fraction of sp³-hybridized carbons (Fsp3) is 0.800. The predicted octanol–water partition coefficient (Wildman–Crippen LogP) is 1.46. The summed E-state index contributed by atoms with van der Waals surface area (Å²) in [5.41, 5.74) is 0.